The molecule has 0 aliphatic heterocycles. The standard InChI is InChI=1S/C15H22N2O.ClH/c1-10-6-7-14(11(2)8-10)17-15(18)13-5-3-4-12(13)9-16;/h6-8,12-13H,3-5,9,16H2,1-2H3,(H,17,18);1H/t12-,13-;/m1./s1. The second kappa shape index (κ2) is 6.92. The van der Waals surface area contributed by atoms with Gasteiger partial charge in [-0.15, -0.1) is 12.4 Å². The quantitative estimate of drug-likeness (QED) is 0.895. The van der Waals surface area contributed by atoms with Crippen molar-refractivity contribution < 1.29 is 4.79 Å². The zero-order valence-corrected chi connectivity index (χ0v) is 12.4. The number of nitrogens with two attached hydrogens (primary N) is 1. The highest BCUT2D eigenvalue weighted by molar-refractivity contribution is 5.93. The van der Waals surface area contributed by atoms with Crippen LogP contribution < -0.4 is 11.1 Å². The first kappa shape index (κ1) is 16.0. The fourth-order valence-corrected chi connectivity index (χ4v) is 2.84. The van der Waals surface area contributed by atoms with Gasteiger partial charge in [0.15, 0.2) is 0 Å². The Morgan fingerprint density at radius 3 is 2.74 bits per heavy atom. The third kappa shape index (κ3) is 3.71. The molecule has 1 aromatic rings. The van der Waals surface area contributed by atoms with Crippen LogP contribution in [0.15, 0.2) is 18.2 Å². The molecule has 1 amide bonds. The van der Waals surface area contributed by atoms with E-state index >= 15 is 0 Å². The van der Waals surface area contributed by atoms with E-state index in [1.165, 1.54) is 5.56 Å². The van der Waals surface area contributed by atoms with E-state index in [9.17, 15) is 4.79 Å². The third-order valence-corrected chi connectivity index (χ3v) is 3.94. The van der Waals surface area contributed by atoms with Crippen LogP contribution in [0.1, 0.15) is 30.4 Å². The predicted molar refractivity (Wildman–Crippen MR) is 81.7 cm³/mol. The summed E-state index contributed by atoms with van der Waals surface area (Å²) in [6.45, 7) is 4.70. The van der Waals surface area contributed by atoms with E-state index in [0.29, 0.717) is 12.5 Å². The Balaban J connectivity index is 0.00000180. The molecular weight excluding hydrogens is 260 g/mol. The van der Waals surface area contributed by atoms with Gasteiger partial charge >= 0.3 is 0 Å². The number of benzene rings is 1. The number of anilines is 1. The van der Waals surface area contributed by atoms with Crippen LogP contribution in [0.3, 0.4) is 0 Å². The second-order valence-corrected chi connectivity index (χ2v) is 5.34. The van der Waals surface area contributed by atoms with Crippen molar-refractivity contribution in [1.82, 2.24) is 0 Å². The summed E-state index contributed by atoms with van der Waals surface area (Å²) in [7, 11) is 0. The number of carbonyl (C=O) groups excluding carboxylic acids is 1. The van der Waals surface area contributed by atoms with Crippen molar-refractivity contribution in [2.24, 2.45) is 17.6 Å². The molecule has 2 rings (SSSR count). The summed E-state index contributed by atoms with van der Waals surface area (Å²) >= 11 is 0. The molecule has 0 spiro atoms. The predicted octanol–water partition coefficient (Wildman–Crippen LogP) is 3.04. The van der Waals surface area contributed by atoms with E-state index in [4.69, 9.17) is 5.73 Å². The topological polar surface area (TPSA) is 55.1 Å². The van der Waals surface area contributed by atoms with Gasteiger partial charge in [-0.25, -0.2) is 0 Å². The van der Waals surface area contributed by atoms with Crippen LogP contribution in [-0.2, 0) is 4.79 Å². The van der Waals surface area contributed by atoms with Crippen molar-refractivity contribution in [1.29, 1.82) is 0 Å². The van der Waals surface area contributed by atoms with E-state index < -0.39 is 0 Å². The first-order valence-electron chi connectivity index (χ1n) is 6.70. The number of nitrogens with one attached hydrogen (secondary N) is 1. The zero-order valence-electron chi connectivity index (χ0n) is 11.6. The molecule has 1 aliphatic rings. The number of hydrogen-bond donors (Lipinski definition) is 2. The molecule has 0 aromatic heterocycles. The van der Waals surface area contributed by atoms with Crippen molar-refractivity contribution >= 4 is 24.0 Å². The van der Waals surface area contributed by atoms with Crippen LogP contribution >= 0.6 is 12.4 Å². The Bertz CT molecular complexity index is 448. The van der Waals surface area contributed by atoms with Crippen molar-refractivity contribution in [2.45, 2.75) is 33.1 Å². The molecule has 0 radical (unpaired) electrons. The maximum Gasteiger partial charge on any atom is 0.227 e. The number of hydrogen-bond acceptors (Lipinski definition) is 2. The lowest BCUT2D eigenvalue weighted by Gasteiger charge is -2.18. The molecule has 2 atom stereocenters. The molecule has 0 bridgehead atoms. The molecule has 1 aliphatic carbocycles. The Morgan fingerprint density at radius 2 is 2.11 bits per heavy atom. The molecule has 1 fully saturated rings. The van der Waals surface area contributed by atoms with Crippen LogP contribution in [0.2, 0.25) is 0 Å². The number of rotatable bonds is 3. The number of aryl methyl sites for hydroxylation is 2. The van der Waals surface area contributed by atoms with Gasteiger partial charge in [-0.1, -0.05) is 24.1 Å². The average Bonchev–Trinajstić information content (AvgIpc) is 2.81. The highest BCUT2D eigenvalue weighted by atomic mass is 35.5. The van der Waals surface area contributed by atoms with Crippen molar-refractivity contribution in [3.63, 3.8) is 0 Å². The summed E-state index contributed by atoms with van der Waals surface area (Å²) in [4.78, 5) is 12.3. The summed E-state index contributed by atoms with van der Waals surface area (Å²) in [6.07, 6.45) is 3.17. The molecule has 0 saturated heterocycles. The van der Waals surface area contributed by atoms with Gasteiger partial charge in [-0.2, -0.15) is 0 Å². The molecule has 19 heavy (non-hydrogen) atoms. The number of amides is 1. The molecule has 0 heterocycles. The number of carbonyl (C=O) groups is 1. The summed E-state index contributed by atoms with van der Waals surface area (Å²) in [5.41, 5.74) is 8.98. The SMILES string of the molecule is Cc1ccc(NC(=O)[C@@H]2CCC[C@@H]2CN)c(C)c1.Cl. The van der Waals surface area contributed by atoms with Crippen LogP contribution in [-0.4, -0.2) is 12.5 Å². The molecule has 4 heteroatoms. The van der Waals surface area contributed by atoms with E-state index in [-0.39, 0.29) is 24.2 Å². The second-order valence-electron chi connectivity index (χ2n) is 5.34. The fraction of sp³-hybridized carbons (Fsp3) is 0.533. The minimum atomic E-state index is 0. The molecule has 1 aromatic carbocycles. The smallest absolute Gasteiger partial charge is 0.227 e. The largest absolute Gasteiger partial charge is 0.330 e. The number of halogens is 1. The third-order valence-electron chi connectivity index (χ3n) is 3.94. The molecule has 3 nitrogen and oxygen atoms in total. The molecule has 106 valence electrons. The summed E-state index contributed by atoms with van der Waals surface area (Å²) in [5.74, 6) is 0.585. The Hall–Kier alpha value is -1.06. The van der Waals surface area contributed by atoms with Crippen molar-refractivity contribution in [2.75, 3.05) is 11.9 Å². The van der Waals surface area contributed by atoms with Crippen molar-refractivity contribution in [3.05, 3.63) is 29.3 Å². The molecule has 3 N–H and O–H groups in total. The van der Waals surface area contributed by atoms with E-state index in [2.05, 4.69) is 18.3 Å². The van der Waals surface area contributed by atoms with E-state index in [0.717, 1.165) is 30.5 Å². The summed E-state index contributed by atoms with van der Waals surface area (Å²) in [6, 6.07) is 6.09. The van der Waals surface area contributed by atoms with Gasteiger partial charge in [0.1, 0.15) is 0 Å². The van der Waals surface area contributed by atoms with Crippen LogP contribution in [0, 0.1) is 25.7 Å². The van der Waals surface area contributed by atoms with Gasteiger partial charge in [0, 0.05) is 11.6 Å². The minimum absolute atomic E-state index is 0. The van der Waals surface area contributed by atoms with Gasteiger partial charge in [0.25, 0.3) is 0 Å². The fourth-order valence-electron chi connectivity index (χ4n) is 2.84. The molecule has 1 saturated carbocycles. The molecular formula is C15H23ClN2O. The van der Waals surface area contributed by atoms with Gasteiger partial charge in [-0.3, -0.25) is 4.79 Å². The monoisotopic (exact) mass is 282 g/mol. The highest BCUT2D eigenvalue weighted by Gasteiger charge is 2.31. The van der Waals surface area contributed by atoms with Gasteiger partial charge in [0.05, 0.1) is 0 Å². The lowest BCUT2D eigenvalue weighted by Crippen LogP contribution is -2.29. The highest BCUT2D eigenvalue weighted by Crippen LogP contribution is 2.32. The minimum Gasteiger partial charge on any atom is -0.330 e. The average molecular weight is 283 g/mol. The lowest BCUT2D eigenvalue weighted by molar-refractivity contribution is -0.120. The molecule has 0 unspecified atom stereocenters. The van der Waals surface area contributed by atoms with Gasteiger partial charge in [0.2, 0.25) is 5.91 Å². The van der Waals surface area contributed by atoms with Gasteiger partial charge < -0.3 is 11.1 Å². The van der Waals surface area contributed by atoms with Gasteiger partial charge in [-0.05, 0) is 50.8 Å². The maximum atomic E-state index is 12.3. The lowest BCUT2D eigenvalue weighted by atomic mass is 9.95. The van der Waals surface area contributed by atoms with E-state index in [1.807, 2.05) is 19.1 Å². The van der Waals surface area contributed by atoms with Crippen LogP contribution in [0.4, 0.5) is 5.69 Å². The van der Waals surface area contributed by atoms with E-state index in [1.54, 1.807) is 0 Å². The Morgan fingerprint density at radius 1 is 1.37 bits per heavy atom. The normalized spacial score (nSPS) is 21.8. The Labute approximate surface area is 121 Å². The van der Waals surface area contributed by atoms with Crippen LogP contribution in [0.25, 0.3) is 0 Å². The maximum absolute atomic E-state index is 12.3. The first-order valence-corrected chi connectivity index (χ1v) is 6.70. The zero-order chi connectivity index (χ0) is 13.1. The summed E-state index contributed by atoms with van der Waals surface area (Å²) < 4.78 is 0. The Kier molecular flexibility index (Phi) is 5.83. The van der Waals surface area contributed by atoms with Crippen molar-refractivity contribution in [3.8, 4) is 0 Å². The first-order chi connectivity index (χ1) is 8.61. The summed E-state index contributed by atoms with van der Waals surface area (Å²) in [5, 5.41) is 3.05. The van der Waals surface area contributed by atoms with Crippen LogP contribution in [0.5, 0.6) is 0 Å².